The summed E-state index contributed by atoms with van der Waals surface area (Å²) in [6.07, 6.45) is 3.29. The molecule has 1 radical (unpaired) electrons. The number of aliphatic hydroxyl groups excluding tert-OH is 1. The fourth-order valence-electron chi connectivity index (χ4n) is 3.29. The molecule has 0 amide bonds. The van der Waals surface area contributed by atoms with Crippen molar-refractivity contribution in [3.8, 4) is 11.3 Å². The number of allylic oxidation sites excluding steroid dienone is 2. The second-order valence-electron chi connectivity index (χ2n) is 11.0. The third kappa shape index (κ3) is 7.89. The molecule has 34 heavy (non-hydrogen) atoms. The number of nitrogens with zero attached hydrogens (tertiary/aromatic N) is 1. The summed E-state index contributed by atoms with van der Waals surface area (Å²) in [5.41, 5.74) is 6.23. The number of aromatic nitrogens is 1. The summed E-state index contributed by atoms with van der Waals surface area (Å²) in [4.78, 5) is 16.2. The minimum atomic E-state index is -0.417. The van der Waals surface area contributed by atoms with Gasteiger partial charge in [-0.1, -0.05) is 79.2 Å². The van der Waals surface area contributed by atoms with Crippen LogP contribution in [0.25, 0.3) is 22.0 Å². The number of benzene rings is 2. The van der Waals surface area contributed by atoms with E-state index in [2.05, 4.69) is 69.1 Å². The zero-order valence-electron chi connectivity index (χ0n) is 22.2. The molecule has 0 aliphatic rings. The first-order valence-corrected chi connectivity index (χ1v) is 11.4. The molecule has 0 saturated heterocycles. The van der Waals surface area contributed by atoms with E-state index in [0.717, 1.165) is 16.8 Å². The fourth-order valence-corrected chi connectivity index (χ4v) is 3.29. The van der Waals surface area contributed by atoms with Gasteiger partial charge < -0.3 is 10.1 Å². The van der Waals surface area contributed by atoms with Crippen LogP contribution in [-0.2, 0) is 24.9 Å². The smallest absolute Gasteiger partial charge is 0.164 e. The minimum Gasteiger partial charge on any atom is -0.512 e. The second-order valence-corrected chi connectivity index (χ2v) is 11.0. The van der Waals surface area contributed by atoms with Crippen molar-refractivity contribution in [2.75, 3.05) is 0 Å². The molecule has 1 heterocycles. The maximum Gasteiger partial charge on any atom is 0.164 e. The molecule has 0 atom stereocenters. The van der Waals surface area contributed by atoms with Crippen molar-refractivity contribution in [1.82, 2.24) is 4.98 Å². The van der Waals surface area contributed by atoms with E-state index in [1.165, 1.54) is 33.5 Å². The number of hydrogen-bond acceptors (Lipinski definition) is 3. The first kappa shape index (κ1) is 29.7. The van der Waals surface area contributed by atoms with E-state index in [9.17, 15) is 9.90 Å². The molecule has 3 rings (SSSR count). The van der Waals surface area contributed by atoms with Crippen LogP contribution >= 0.6 is 0 Å². The number of ketones is 1. The third-order valence-electron chi connectivity index (χ3n) is 5.42. The molecule has 4 heteroatoms. The van der Waals surface area contributed by atoms with E-state index in [4.69, 9.17) is 0 Å². The Morgan fingerprint density at radius 2 is 1.50 bits per heavy atom. The normalized spacial score (nSPS) is 12.0. The maximum atomic E-state index is 11.5. The Balaban J connectivity index is 0.000000364. The Morgan fingerprint density at radius 1 is 0.882 bits per heavy atom. The Hall–Kier alpha value is -2.29. The van der Waals surface area contributed by atoms with E-state index in [0.29, 0.717) is 0 Å². The molecule has 0 fully saturated rings. The predicted molar refractivity (Wildman–Crippen MR) is 140 cm³/mol. The molecule has 0 aliphatic heterocycles. The Kier molecular flexibility index (Phi) is 9.99. The van der Waals surface area contributed by atoms with Crippen LogP contribution in [0.15, 0.2) is 48.4 Å². The number of aliphatic hydroxyl groups is 1. The number of fused-ring (bicyclic) bond motifs is 1. The zero-order chi connectivity index (χ0) is 25.1. The van der Waals surface area contributed by atoms with E-state index < -0.39 is 5.41 Å². The third-order valence-corrected chi connectivity index (χ3v) is 5.42. The van der Waals surface area contributed by atoms with Crippen LogP contribution in [-0.4, -0.2) is 15.9 Å². The first-order chi connectivity index (χ1) is 15.1. The molecule has 0 aliphatic carbocycles. The monoisotopic (exact) mass is 637 g/mol. The Bertz CT molecular complexity index is 1170. The molecule has 185 valence electrons. The maximum absolute atomic E-state index is 11.5. The number of aryl methyl sites for hydroxylation is 4. The summed E-state index contributed by atoms with van der Waals surface area (Å²) < 4.78 is 0. The molecule has 2 aromatic carbocycles. The predicted octanol–water partition coefficient (Wildman–Crippen LogP) is 8.02. The van der Waals surface area contributed by atoms with Crippen molar-refractivity contribution in [2.24, 2.45) is 10.8 Å². The van der Waals surface area contributed by atoms with Gasteiger partial charge in [-0.05, 0) is 35.9 Å². The van der Waals surface area contributed by atoms with Gasteiger partial charge in [0.05, 0.1) is 0 Å². The van der Waals surface area contributed by atoms with Crippen LogP contribution in [0.5, 0.6) is 0 Å². The number of pyridine rings is 1. The van der Waals surface area contributed by atoms with E-state index in [-0.39, 0.29) is 37.1 Å². The van der Waals surface area contributed by atoms with Gasteiger partial charge in [0.15, 0.2) is 5.78 Å². The van der Waals surface area contributed by atoms with E-state index in [1.807, 2.05) is 47.7 Å². The van der Waals surface area contributed by atoms with Crippen molar-refractivity contribution in [3.63, 3.8) is 0 Å². The summed E-state index contributed by atoms with van der Waals surface area (Å²) in [7, 11) is 0. The summed E-state index contributed by atoms with van der Waals surface area (Å²) >= 11 is 0. The Morgan fingerprint density at radius 3 is 2.03 bits per heavy atom. The zero-order valence-corrected chi connectivity index (χ0v) is 24.6. The topological polar surface area (TPSA) is 50.2 Å². The first-order valence-electron chi connectivity index (χ1n) is 11.4. The van der Waals surface area contributed by atoms with Crippen molar-refractivity contribution < 1.29 is 30.0 Å². The van der Waals surface area contributed by atoms with Gasteiger partial charge in [-0.25, -0.2) is 0 Å². The summed E-state index contributed by atoms with van der Waals surface area (Å²) in [6.45, 7) is 19.5. The van der Waals surface area contributed by atoms with Gasteiger partial charge in [0.25, 0.3) is 0 Å². The van der Waals surface area contributed by atoms with E-state index in [1.54, 1.807) is 0 Å². The van der Waals surface area contributed by atoms with Crippen molar-refractivity contribution >= 4 is 16.6 Å². The van der Waals surface area contributed by atoms with Gasteiger partial charge in [-0.3, -0.25) is 4.79 Å². The molecule has 0 saturated carbocycles. The summed E-state index contributed by atoms with van der Waals surface area (Å²) in [5.74, 6) is 0.104. The second kappa shape index (κ2) is 11.4. The van der Waals surface area contributed by atoms with Crippen LogP contribution in [0.1, 0.15) is 63.8 Å². The van der Waals surface area contributed by atoms with E-state index >= 15 is 0 Å². The molecule has 1 N–H and O–H groups in total. The van der Waals surface area contributed by atoms with Crippen molar-refractivity contribution in [1.29, 1.82) is 0 Å². The van der Waals surface area contributed by atoms with Crippen LogP contribution in [0, 0.1) is 44.6 Å². The van der Waals surface area contributed by atoms with Crippen molar-refractivity contribution in [2.45, 2.75) is 69.2 Å². The number of hydrogen-bond donors (Lipinski definition) is 1. The molecule has 1 aromatic heterocycles. The number of carbonyl (C=O) groups excluding carboxylic acids is 1. The minimum absolute atomic E-state index is 0. The van der Waals surface area contributed by atoms with Gasteiger partial charge >= 0.3 is 0 Å². The van der Waals surface area contributed by atoms with Gasteiger partial charge in [-0.2, -0.15) is 0 Å². The molecule has 3 aromatic rings. The van der Waals surface area contributed by atoms with Crippen LogP contribution in [0.2, 0.25) is 0 Å². The fraction of sp³-hybridized carbons (Fsp3) is 0.400. The van der Waals surface area contributed by atoms with Gasteiger partial charge in [0.2, 0.25) is 0 Å². The molecule has 0 bridgehead atoms. The largest absolute Gasteiger partial charge is 0.512 e. The quantitative estimate of drug-likeness (QED) is 0.176. The Labute approximate surface area is 219 Å². The molecule has 0 spiro atoms. The number of carbonyl (C=O) groups is 1. The summed E-state index contributed by atoms with van der Waals surface area (Å²) in [5, 5.41) is 12.0. The summed E-state index contributed by atoms with van der Waals surface area (Å²) in [6, 6.07) is 14.3. The molecular formula is C30H38IrNO2-. The average Bonchev–Trinajstić information content (AvgIpc) is 2.66. The SMILES string of the molecule is CC(C)(C)C(=O)/C=C(\O)C(C)(C)C.Cc1[c-]c(-c2ncc(C)c3ccc(C)cc23)cc(C)c1.[Ir]. The van der Waals surface area contributed by atoms with Crippen molar-refractivity contribution in [3.05, 3.63) is 76.7 Å². The van der Waals surface area contributed by atoms with Gasteiger partial charge in [0.1, 0.15) is 5.76 Å². The molecular weight excluding hydrogens is 599 g/mol. The molecule has 3 nitrogen and oxygen atoms in total. The number of rotatable bonds is 2. The van der Waals surface area contributed by atoms with Gasteiger partial charge in [0, 0.05) is 43.2 Å². The van der Waals surface area contributed by atoms with Gasteiger partial charge in [-0.15, -0.1) is 34.9 Å². The van der Waals surface area contributed by atoms with Crippen LogP contribution < -0.4 is 0 Å². The van der Waals surface area contributed by atoms with Crippen LogP contribution in [0.3, 0.4) is 0 Å². The average molecular weight is 637 g/mol. The van der Waals surface area contributed by atoms with Crippen LogP contribution in [0.4, 0.5) is 0 Å². The standard InChI is InChI=1S/C19H18N.C11H20O2.Ir/c1-12-5-6-17-15(4)11-20-19(18(17)10-12)16-8-13(2)7-14(3)9-16;1-10(2,3)8(12)7-9(13)11(4,5)6;/h5-8,10-11H,1-4H3;7,12H,1-6H3;/q-1;;/b;8-7-;. The molecule has 0 unspecified atom stereocenters.